The summed E-state index contributed by atoms with van der Waals surface area (Å²) in [6, 6.07) is 8.61. The van der Waals surface area contributed by atoms with E-state index in [1.54, 1.807) is 0 Å². The standard InChI is InChI=1S/C27H30N6O3/c1-15(17-11-23(34)29-13-17)36-25-24-22(30-14-33(24)18-3-4-18)12-20(31-25)16-2-5-19-21(10-16)32-26(35)27(19)6-8-28-9-7-27/h2,5,10,12,14-15,17-18,28H,3-4,6-9,11,13H2,1H3,(H,29,34)(H,32,35)/t15-,17-/m1/s1. The van der Waals surface area contributed by atoms with Gasteiger partial charge >= 0.3 is 0 Å². The maximum atomic E-state index is 13.0. The molecular weight excluding hydrogens is 456 g/mol. The molecule has 3 aliphatic heterocycles. The molecule has 7 rings (SSSR count). The topological polar surface area (TPSA) is 110 Å². The molecule has 0 radical (unpaired) electrons. The largest absolute Gasteiger partial charge is 0.473 e. The van der Waals surface area contributed by atoms with Gasteiger partial charge in [0.1, 0.15) is 11.6 Å². The zero-order chi connectivity index (χ0) is 24.4. The van der Waals surface area contributed by atoms with Crippen LogP contribution in [0.25, 0.3) is 22.3 Å². The molecule has 4 aliphatic rings. The Kier molecular flexibility index (Phi) is 4.86. The van der Waals surface area contributed by atoms with Crippen LogP contribution in [0, 0.1) is 5.92 Å². The quantitative estimate of drug-likeness (QED) is 0.512. The first-order valence-electron chi connectivity index (χ1n) is 13.0. The summed E-state index contributed by atoms with van der Waals surface area (Å²) in [6.45, 7) is 4.31. The fraction of sp³-hybridized carbons (Fsp3) is 0.481. The van der Waals surface area contributed by atoms with Gasteiger partial charge in [0.15, 0.2) is 0 Å². The van der Waals surface area contributed by atoms with Crippen LogP contribution in [0.4, 0.5) is 5.69 Å². The Morgan fingerprint density at radius 3 is 2.75 bits per heavy atom. The van der Waals surface area contributed by atoms with E-state index in [4.69, 9.17) is 14.7 Å². The molecule has 0 bridgehead atoms. The number of ether oxygens (including phenoxy) is 1. The summed E-state index contributed by atoms with van der Waals surface area (Å²) < 4.78 is 8.63. The van der Waals surface area contributed by atoms with Gasteiger partial charge in [-0.2, -0.15) is 0 Å². The van der Waals surface area contributed by atoms with Crippen molar-refractivity contribution in [3.05, 3.63) is 36.2 Å². The summed E-state index contributed by atoms with van der Waals surface area (Å²) >= 11 is 0. The lowest BCUT2D eigenvalue weighted by atomic mass is 9.74. The number of carbonyl (C=O) groups excluding carboxylic acids is 2. The maximum Gasteiger partial charge on any atom is 0.241 e. The summed E-state index contributed by atoms with van der Waals surface area (Å²) in [5.74, 6) is 0.821. The van der Waals surface area contributed by atoms with E-state index < -0.39 is 5.41 Å². The van der Waals surface area contributed by atoms with Crippen LogP contribution in [-0.2, 0) is 15.0 Å². The van der Waals surface area contributed by atoms with Crippen LogP contribution < -0.4 is 20.7 Å². The van der Waals surface area contributed by atoms with Crippen molar-refractivity contribution in [3.63, 3.8) is 0 Å². The molecule has 1 saturated carbocycles. The second-order valence-electron chi connectivity index (χ2n) is 10.7. The van der Waals surface area contributed by atoms with E-state index in [2.05, 4.69) is 32.7 Å². The van der Waals surface area contributed by atoms with Crippen LogP contribution in [0.3, 0.4) is 0 Å². The molecule has 1 aliphatic carbocycles. The number of nitrogens with one attached hydrogen (secondary N) is 3. The molecule has 2 saturated heterocycles. The van der Waals surface area contributed by atoms with Crippen molar-refractivity contribution in [2.75, 3.05) is 25.0 Å². The fourth-order valence-electron chi connectivity index (χ4n) is 6.06. The molecule has 3 fully saturated rings. The Hall–Kier alpha value is -3.46. The van der Waals surface area contributed by atoms with Crippen LogP contribution >= 0.6 is 0 Å². The van der Waals surface area contributed by atoms with Crippen molar-refractivity contribution in [1.82, 2.24) is 25.2 Å². The van der Waals surface area contributed by atoms with Gasteiger partial charge in [-0.25, -0.2) is 9.97 Å². The predicted molar refractivity (Wildman–Crippen MR) is 135 cm³/mol. The lowest BCUT2D eigenvalue weighted by Gasteiger charge is -2.32. The first-order chi connectivity index (χ1) is 17.5. The lowest BCUT2D eigenvalue weighted by molar-refractivity contribution is -0.122. The second-order valence-corrected chi connectivity index (χ2v) is 10.7. The normalized spacial score (nSPS) is 23.5. The Bertz CT molecular complexity index is 1390. The molecule has 0 unspecified atom stereocenters. The van der Waals surface area contributed by atoms with Gasteiger partial charge < -0.3 is 25.3 Å². The number of pyridine rings is 1. The SMILES string of the molecule is C[C@@H](Oc1nc(-c2ccc3c(c2)NC(=O)C32CCNCC2)cc2ncn(C3CC3)c12)[C@H]1CNC(=O)C1. The number of hydrogen-bond donors (Lipinski definition) is 3. The van der Waals surface area contributed by atoms with E-state index in [0.717, 1.165) is 72.3 Å². The molecule has 186 valence electrons. The van der Waals surface area contributed by atoms with Crippen LogP contribution in [0.1, 0.15) is 50.6 Å². The molecule has 1 spiro atoms. The highest BCUT2D eigenvalue weighted by Crippen LogP contribution is 2.46. The number of imidazole rings is 1. The molecule has 2 atom stereocenters. The van der Waals surface area contributed by atoms with Crippen molar-refractivity contribution in [2.24, 2.45) is 5.92 Å². The zero-order valence-corrected chi connectivity index (χ0v) is 20.3. The van der Waals surface area contributed by atoms with E-state index in [0.29, 0.717) is 24.9 Å². The first kappa shape index (κ1) is 21.8. The molecule has 3 aromatic rings. The number of carbonyl (C=O) groups is 2. The number of hydrogen-bond acceptors (Lipinski definition) is 6. The van der Waals surface area contributed by atoms with Gasteiger partial charge in [-0.3, -0.25) is 9.59 Å². The first-order valence-corrected chi connectivity index (χ1v) is 13.0. The molecule has 9 heteroatoms. The van der Waals surface area contributed by atoms with E-state index in [9.17, 15) is 9.59 Å². The van der Waals surface area contributed by atoms with Gasteiger partial charge in [0.2, 0.25) is 17.7 Å². The third kappa shape index (κ3) is 3.40. The maximum absolute atomic E-state index is 13.0. The Morgan fingerprint density at radius 2 is 2.00 bits per heavy atom. The van der Waals surface area contributed by atoms with Gasteiger partial charge in [-0.1, -0.05) is 12.1 Å². The second kappa shape index (κ2) is 8.03. The number of aromatic nitrogens is 3. The highest BCUT2D eigenvalue weighted by molar-refractivity contribution is 6.07. The zero-order valence-electron chi connectivity index (χ0n) is 20.3. The van der Waals surface area contributed by atoms with Crippen LogP contribution in [-0.4, -0.2) is 52.1 Å². The van der Waals surface area contributed by atoms with Gasteiger partial charge in [0.05, 0.1) is 23.0 Å². The average Bonchev–Trinajstić information content (AvgIpc) is 3.39. The molecule has 5 heterocycles. The van der Waals surface area contributed by atoms with Crippen LogP contribution in [0.5, 0.6) is 5.88 Å². The average molecular weight is 487 g/mol. The molecule has 9 nitrogen and oxygen atoms in total. The number of anilines is 1. The van der Waals surface area contributed by atoms with Crippen molar-refractivity contribution < 1.29 is 14.3 Å². The minimum atomic E-state index is -0.435. The van der Waals surface area contributed by atoms with Gasteiger partial charge in [0, 0.05) is 36.2 Å². The van der Waals surface area contributed by atoms with Crippen molar-refractivity contribution in [2.45, 2.75) is 56.6 Å². The number of rotatable bonds is 5. The predicted octanol–water partition coefficient (Wildman–Crippen LogP) is 2.91. The Balaban J connectivity index is 1.28. The van der Waals surface area contributed by atoms with E-state index in [-0.39, 0.29) is 23.8 Å². The summed E-state index contributed by atoms with van der Waals surface area (Å²) in [7, 11) is 0. The number of benzene rings is 1. The van der Waals surface area contributed by atoms with Crippen LogP contribution in [0.15, 0.2) is 30.6 Å². The number of amides is 2. The molecule has 3 N–H and O–H groups in total. The van der Waals surface area contributed by atoms with Gasteiger partial charge in [-0.15, -0.1) is 0 Å². The Morgan fingerprint density at radius 1 is 1.17 bits per heavy atom. The minimum Gasteiger partial charge on any atom is -0.473 e. The molecule has 2 amide bonds. The monoisotopic (exact) mass is 486 g/mol. The summed E-state index contributed by atoms with van der Waals surface area (Å²) in [4.78, 5) is 34.5. The van der Waals surface area contributed by atoms with Crippen molar-refractivity contribution in [1.29, 1.82) is 0 Å². The number of fused-ring (bicyclic) bond motifs is 3. The third-order valence-electron chi connectivity index (χ3n) is 8.40. The number of piperidine rings is 1. The Labute approximate surface area is 209 Å². The highest BCUT2D eigenvalue weighted by Gasteiger charge is 2.47. The van der Waals surface area contributed by atoms with Crippen molar-refractivity contribution >= 4 is 28.5 Å². The molecule has 1 aromatic carbocycles. The summed E-state index contributed by atoms with van der Waals surface area (Å²) in [5, 5.41) is 9.40. The van der Waals surface area contributed by atoms with E-state index >= 15 is 0 Å². The smallest absolute Gasteiger partial charge is 0.241 e. The third-order valence-corrected chi connectivity index (χ3v) is 8.40. The fourth-order valence-corrected chi connectivity index (χ4v) is 6.06. The van der Waals surface area contributed by atoms with E-state index in [1.165, 1.54) is 0 Å². The minimum absolute atomic E-state index is 0.0667. The van der Waals surface area contributed by atoms with Crippen molar-refractivity contribution in [3.8, 4) is 17.1 Å². The molecular formula is C27H30N6O3. The molecule has 36 heavy (non-hydrogen) atoms. The summed E-state index contributed by atoms with van der Waals surface area (Å²) in [6.07, 6.45) is 6.06. The lowest BCUT2D eigenvalue weighted by Crippen LogP contribution is -2.44. The number of nitrogens with zero attached hydrogens (tertiary/aromatic N) is 3. The van der Waals surface area contributed by atoms with Gasteiger partial charge in [-0.05, 0) is 63.4 Å². The molecule has 2 aromatic heterocycles. The summed E-state index contributed by atoms with van der Waals surface area (Å²) in [5.41, 5.74) is 4.95. The van der Waals surface area contributed by atoms with E-state index in [1.807, 2.05) is 25.4 Å². The van der Waals surface area contributed by atoms with Crippen LogP contribution in [0.2, 0.25) is 0 Å². The van der Waals surface area contributed by atoms with Gasteiger partial charge in [0.25, 0.3) is 0 Å². The highest BCUT2D eigenvalue weighted by atomic mass is 16.5.